The van der Waals surface area contributed by atoms with E-state index in [0.717, 1.165) is 12.1 Å². The van der Waals surface area contributed by atoms with Crippen molar-refractivity contribution in [3.8, 4) is 5.75 Å². The quantitative estimate of drug-likeness (QED) is 0.622. The van der Waals surface area contributed by atoms with Crippen molar-refractivity contribution in [2.45, 2.75) is 33.2 Å². The van der Waals surface area contributed by atoms with E-state index in [1.165, 1.54) is 19.2 Å². The molecule has 5 heteroatoms. The van der Waals surface area contributed by atoms with Gasteiger partial charge in [0.25, 0.3) is 5.69 Å². The lowest BCUT2D eigenvalue weighted by molar-refractivity contribution is -0.384. The predicted molar refractivity (Wildman–Crippen MR) is 72.2 cm³/mol. The SMILES string of the molecule is COc1cc([N+](=O)[O-])ccc1NC(C)CC(C)C. The van der Waals surface area contributed by atoms with Crippen molar-refractivity contribution < 1.29 is 9.66 Å². The van der Waals surface area contributed by atoms with Gasteiger partial charge in [0.05, 0.1) is 23.8 Å². The first-order valence-electron chi connectivity index (χ1n) is 6.03. The Morgan fingerprint density at radius 3 is 2.56 bits per heavy atom. The molecule has 0 heterocycles. The first-order valence-corrected chi connectivity index (χ1v) is 6.03. The van der Waals surface area contributed by atoms with Crippen LogP contribution in [0.4, 0.5) is 11.4 Å². The number of anilines is 1. The number of hydrogen-bond acceptors (Lipinski definition) is 4. The van der Waals surface area contributed by atoms with Gasteiger partial charge >= 0.3 is 0 Å². The maximum Gasteiger partial charge on any atom is 0.273 e. The fourth-order valence-electron chi connectivity index (χ4n) is 1.94. The summed E-state index contributed by atoms with van der Waals surface area (Å²) in [5.41, 5.74) is 0.824. The summed E-state index contributed by atoms with van der Waals surface area (Å²) in [6.07, 6.45) is 1.03. The Hall–Kier alpha value is -1.78. The number of methoxy groups -OCH3 is 1. The van der Waals surface area contributed by atoms with Crippen LogP contribution in [0.3, 0.4) is 0 Å². The van der Waals surface area contributed by atoms with Gasteiger partial charge in [0.15, 0.2) is 0 Å². The van der Waals surface area contributed by atoms with E-state index >= 15 is 0 Å². The van der Waals surface area contributed by atoms with Crippen LogP contribution in [-0.2, 0) is 0 Å². The standard InChI is InChI=1S/C13H20N2O3/c1-9(2)7-10(3)14-12-6-5-11(15(16)17)8-13(12)18-4/h5-6,8-10,14H,7H2,1-4H3. The average molecular weight is 252 g/mol. The normalized spacial score (nSPS) is 12.3. The molecule has 1 N–H and O–H groups in total. The molecule has 1 aromatic rings. The average Bonchev–Trinajstić information content (AvgIpc) is 2.27. The third-order valence-corrected chi connectivity index (χ3v) is 2.62. The highest BCUT2D eigenvalue weighted by atomic mass is 16.6. The largest absolute Gasteiger partial charge is 0.494 e. The van der Waals surface area contributed by atoms with Gasteiger partial charge < -0.3 is 10.1 Å². The Balaban J connectivity index is 2.85. The van der Waals surface area contributed by atoms with Gasteiger partial charge in [-0.3, -0.25) is 10.1 Å². The van der Waals surface area contributed by atoms with Crippen LogP contribution in [0.2, 0.25) is 0 Å². The Labute approximate surface area is 107 Å². The van der Waals surface area contributed by atoms with Crippen LogP contribution >= 0.6 is 0 Å². The molecule has 1 unspecified atom stereocenters. The highest BCUT2D eigenvalue weighted by Gasteiger charge is 2.13. The van der Waals surface area contributed by atoms with Gasteiger partial charge in [0.2, 0.25) is 0 Å². The molecule has 0 amide bonds. The lowest BCUT2D eigenvalue weighted by Crippen LogP contribution is -2.17. The fraction of sp³-hybridized carbons (Fsp3) is 0.538. The highest BCUT2D eigenvalue weighted by molar-refractivity contribution is 5.61. The lowest BCUT2D eigenvalue weighted by atomic mass is 10.0. The van der Waals surface area contributed by atoms with Crippen molar-refractivity contribution in [1.82, 2.24) is 0 Å². The molecule has 1 atom stereocenters. The number of nitro groups is 1. The summed E-state index contributed by atoms with van der Waals surface area (Å²) >= 11 is 0. The zero-order chi connectivity index (χ0) is 13.7. The third kappa shape index (κ3) is 3.91. The van der Waals surface area contributed by atoms with Crippen molar-refractivity contribution in [1.29, 1.82) is 0 Å². The van der Waals surface area contributed by atoms with Gasteiger partial charge in [-0.25, -0.2) is 0 Å². The van der Waals surface area contributed by atoms with Crippen LogP contribution in [0.5, 0.6) is 5.75 Å². The Morgan fingerprint density at radius 2 is 2.06 bits per heavy atom. The zero-order valence-electron chi connectivity index (χ0n) is 11.3. The summed E-state index contributed by atoms with van der Waals surface area (Å²) in [5.74, 6) is 1.09. The minimum absolute atomic E-state index is 0.0360. The molecule has 0 radical (unpaired) electrons. The smallest absolute Gasteiger partial charge is 0.273 e. The van der Waals surface area contributed by atoms with E-state index in [2.05, 4.69) is 26.1 Å². The number of benzene rings is 1. The molecular formula is C13H20N2O3. The lowest BCUT2D eigenvalue weighted by Gasteiger charge is -2.18. The molecule has 0 bridgehead atoms. The van der Waals surface area contributed by atoms with Crippen LogP contribution in [0, 0.1) is 16.0 Å². The number of nitrogens with zero attached hydrogens (tertiary/aromatic N) is 1. The van der Waals surface area contributed by atoms with Crippen LogP contribution in [0.1, 0.15) is 27.2 Å². The molecule has 100 valence electrons. The molecule has 0 saturated carbocycles. The summed E-state index contributed by atoms with van der Waals surface area (Å²) in [6, 6.07) is 4.89. The molecule has 1 rings (SSSR count). The maximum atomic E-state index is 10.7. The molecule has 0 aliphatic heterocycles. The third-order valence-electron chi connectivity index (χ3n) is 2.62. The monoisotopic (exact) mass is 252 g/mol. The van der Waals surface area contributed by atoms with Crippen molar-refractivity contribution in [3.05, 3.63) is 28.3 Å². The van der Waals surface area contributed by atoms with Crippen molar-refractivity contribution in [2.75, 3.05) is 12.4 Å². The van der Waals surface area contributed by atoms with Gasteiger partial charge in [-0.15, -0.1) is 0 Å². The number of nitrogens with one attached hydrogen (secondary N) is 1. The van der Waals surface area contributed by atoms with E-state index in [1.54, 1.807) is 6.07 Å². The Kier molecular flexibility index (Phi) is 4.95. The van der Waals surface area contributed by atoms with Crippen molar-refractivity contribution in [2.24, 2.45) is 5.92 Å². The number of ether oxygens (including phenoxy) is 1. The molecule has 1 aromatic carbocycles. The second-order valence-corrected chi connectivity index (χ2v) is 4.82. The van der Waals surface area contributed by atoms with Crippen molar-refractivity contribution in [3.63, 3.8) is 0 Å². The Bertz CT molecular complexity index is 419. The summed E-state index contributed by atoms with van der Waals surface area (Å²) in [4.78, 5) is 10.3. The second kappa shape index (κ2) is 6.23. The summed E-state index contributed by atoms with van der Waals surface area (Å²) in [5, 5.41) is 14.0. The summed E-state index contributed by atoms with van der Waals surface area (Å²) in [7, 11) is 1.51. The van der Waals surface area contributed by atoms with E-state index in [1.807, 2.05) is 0 Å². The first kappa shape index (κ1) is 14.3. The fourth-order valence-corrected chi connectivity index (χ4v) is 1.94. The van der Waals surface area contributed by atoms with Gasteiger partial charge in [0, 0.05) is 12.1 Å². The Morgan fingerprint density at radius 1 is 1.39 bits per heavy atom. The number of nitro benzene ring substituents is 1. The number of rotatable bonds is 6. The molecule has 0 aliphatic carbocycles. The van der Waals surface area contributed by atoms with Crippen LogP contribution in [-0.4, -0.2) is 18.1 Å². The molecule has 0 fully saturated rings. The summed E-state index contributed by atoms with van der Waals surface area (Å²) in [6.45, 7) is 6.40. The molecular weight excluding hydrogens is 232 g/mol. The second-order valence-electron chi connectivity index (χ2n) is 4.82. The van der Waals surface area contributed by atoms with Gasteiger partial charge in [-0.05, 0) is 25.3 Å². The van der Waals surface area contributed by atoms with Crippen molar-refractivity contribution >= 4 is 11.4 Å². The van der Waals surface area contributed by atoms with E-state index < -0.39 is 4.92 Å². The van der Waals surface area contributed by atoms with Gasteiger partial charge in [-0.1, -0.05) is 13.8 Å². The molecule has 0 aliphatic rings. The molecule has 0 aromatic heterocycles. The van der Waals surface area contributed by atoms with E-state index in [-0.39, 0.29) is 5.69 Å². The molecule has 0 saturated heterocycles. The maximum absolute atomic E-state index is 10.7. The van der Waals surface area contributed by atoms with E-state index in [9.17, 15) is 10.1 Å². The minimum atomic E-state index is -0.427. The van der Waals surface area contributed by atoms with E-state index in [4.69, 9.17) is 4.74 Å². The van der Waals surface area contributed by atoms with E-state index in [0.29, 0.717) is 17.7 Å². The number of non-ortho nitro benzene ring substituents is 1. The molecule has 18 heavy (non-hydrogen) atoms. The zero-order valence-corrected chi connectivity index (χ0v) is 11.3. The predicted octanol–water partition coefficient (Wildman–Crippen LogP) is 3.45. The first-order chi connectivity index (χ1) is 8.43. The summed E-state index contributed by atoms with van der Waals surface area (Å²) < 4.78 is 5.18. The topological polar surface area (TPSA) is 64.4 Å². The minimum Gasteiger partial charge on any atom is -0.494 e. The van der Waals surface area contributed by atoms with Crippen LogP contribution in [0.25, 0.3) is 0 Å². The van der Waals surface area contributed by atoms with Gasteiger partial charge in [-0.2, -0.15) is 0 Å². The highest BCUT2D eigenvalue weighted by Crippen LogP contribution is 2.29. The molecule has 5 nitrogen and oxygen atoms in total. The van der Waals surface area contributed by atoms with Crippen LogP contribution < -0.4 is 10.1 Å². The molecule has 0 spiro atoms. The van der Waals surface area contributed by atoms with Gasteiger partial charge in [0.1, 0.15) is 5.75 Å². The van der Waals surface area contributed by atoms with Crippen LogP contribution in [0.15, 0.2) is 18.2 Å². The number of hydrogen-bond donors (Lipinski definition) is 1.